The number of ether oxygens (including phenoxy) is 2. The molecule has 1 aliphatic heterocycles. The van der Waals surface area contributed by atoms with E-state index in [1.54, 1.807) is 0 Å². The van der Waals surface area contributed by atoms with E-state index in [1.165, 1.54) is 5.56 Å². The van der Waals surface area contributed by atoms with Gasteiger partial charge in [0.05, 0.1) is 0 Å². The summed E-state index contributed by atoms with van der Waals surface area (Å²) in [5.41, 5.74) is 2.03. The summed E-state index contributed by atoms with van der Waals surface area (Å²) in [5, 5.41) is 2.80. The predicted octanol–water partition coefficient (Wildman–Crippen LogP) is 2.59. The van der Waals surface area contributed by atoms with Crippen LogP contribution in [0.4, 0.5) is 0 Å². The Morgan fingerprint density at radius 2 is 1.81 bits per heavy atom. The number of benzene rings is 2. The van der Waals surface area contributed by atoms with E-state index in [0.717, 1.165) is 11.3 Å². The summed E-state index contributed by atoms with van der Waals surface area (Å²) in [4.78, 5) is 11.9. The maximum absolute atomic E-state index is 11.9. The first-order chi connectivity index (χ1) is 10.2. The summed E-state index contributed by atoms with van der Waals surface area (Å²) >= 11 is 0. The first kappa shape index (κ1) is 13.6. The topological polar surface area (TPSA) is 47.6 Å². The molecule has 2 unspecified atom stereocenters. The van der Waals surface area contributed by atoms with Crippen LogP contribution < -0.4 is 10.1 Å². The van der Waals surface area contributed by atoms with Crippen molar-refractivity contribution in [1.82, 2.24) is 5.32 Å². The Morgan fingerprint density at radius 1 is 1.10 bits per heavy atom. The SMILES string of the molecule is Cc1ccc(OCC2NC(=O)C(c3ccccc3)O2)cc1. The van der Waals surface area contributed by atoms with Crippen LogP contribution in [-0.4, -0.2) is 18.7 Å². The van der Waals surface area contributed by atoms with Gasteiger partial charge in [-0.1, -0.05) is 48.0 Å². The number of rotatable bonds is 4. The van der Waals surface area contributed by atoms with Crippen LogP contribution in [-0.2, 0) is 9.53 Å². The van der Waals surface area contributed by atoms with E-state index in [-0.39, 0.29) is 12.5 Å². The van der Waals surface area contributed by atoms with Gasteiger partial charge in [0.15, 0.2) is 12.3 Å². The lowest BCUT2D eigenvalue weighted by molar-refractivity contribution is -0.123. The van der Waals surface area contributed by atoms with Gasteiger partial charge in [0.25, 0.3) is 5.91 Å². The molecule has 3 rings (SSSR count). The molecule has 0 aromatic heterocycles. The average molecular weight is 283 g/mol. The molecule has 108 valence electrons. The molecule has 4 heteroatoms. The number of hydrogen-bond donors (Lipinski definition) is 1. The van der Waals surface area contributed by atoms with Crippen LogP contribution in [0.2, 0.25) is 0 Å². The Balaban J connectivity index is 1.59. The van der Waals surface area contributed by atoms with Crippen LogP contribution in [0.5, 0.6) is 5.75 Å². The van der Waals surface area contributed by atoms with Gasteiger partial charge in [0.2, 0.25) is 0 Å². The number of carbonyl (C=O) groups is 1. The van der Waals surface area contributed by atoms with E-state index in [9.17, 15) is 4.79 Å². The van der Waals surface area contributed by atoms with E-state index in [2.05, 4.69) is 5.32 Å². The van der Waals surface area contributed by atoms with Gasteiger partial charge in [-0.15, -0.1) is 0 Å². The molecule has 0 spiro atoms. The van der Waals surface area contributed by atoms with E-state index in [4.69, 9.17) is 9.47 Å². The lowest BCUT2D eigenvalue weighted by atomic mass is 10.1. The van der Waals surface area contributed by atoms with Crippen molar-refractivity contribution in [2.75, 3.05) is 6.61 Å². The summed E-state index contributed by atoms with van der Waals surface area (Å²) < 4.78 is 11.4. The van der Waals surface area contributed by atoms with Gasteiger partial charge >= 0.3 is 0 Å². The first-order valence-corrected chi connectivity index (χ1v) is 6.92. The minimum absolute atomic E-state index is 0.126. The van der Waals surface area contributed by atoms with Gasteiger partial charge in [-0.05, 0) is 24.6 Å². The standard InChI is InChI=1S/C17H17NO3/c1-12-7-9-14(10-8-12)20-11-15-18-17(19)16(21-15)13-5-3-2-4-6-13/h2-10,15-16H,11H2,1H3,(H,18,19). The monoisotopic (exact) mass is 283 g/mol. The second-order valence-corrected chi connectivity index (χ2v) is 5.05. The third kappa shape index (κ3) is 3.23. The van der Waals surface area contributed by atoms with Crippen molar-refractivity contribution >= 4 is 5.91 Å². The molecule has 1 saturated heterocycles. The Hall–Kier alpha value is -2.33. The van der Waals surface area contributed by atoms with Crippen molar-refractivity contribution in [3.8, 4) is 5.75 Å². The largest absolute Gasteiger partial charge is 0.489 e. The maximum Gasteiger partial charge on any atom is 0.255 e. The average Bonchev–Trinajstić information content (AvgIpc) is 2.89. The number of nitrogens with one attached hydrogen (secondary N) is 1. The van der Waals surface area contributed by atoms with Crippen molar-refractivity contribution in [3.63, 3.8) is 0 Å². The van der Waals surface area contributed by atoms with Crippen molar-refractivity contribution in [2.45, 2.75) is 19.3 Å². The minimum atomic E-state index is -0.558. The number of hydrogen-bond acceptors (Lipinski definition) is 3. The molecule has 2 aromatic carbocycles. The van der Waals surface area contributed by atoms with Gasteiger partial charge < -0.3 is 14.8 Å². The van der Waals surface area contributed by atoms with E-state index < -0.39 is 12.3 Å². The highest BCUT2D eigenvalue weighted by Crippen LogP contribution is 2.24. The molecule has 1 amide bonds. The van der Waals surface area contributed by atoms with Crippen LogP contribution >= 0.6 is 0 Å². The highest BCUT2D eigenvalue weighted by Gasteiger charge is 2.34. The Kier molecular flexibility index (Phi) is 3.88. The Bertz CT molecular complexity index is 610. The van der Waals surface area contributed by atoms with Gasteiger partial charge in [0, 0.05) is 0 Å². The molecule has 2 atom stereocenters. The van der Waals surface area contributed by atoms with Gasteiger partial charge in [-0.2, -0.15) is 0 Å². The third-order valence-electron chi connectivity index (χ3n) is 3.37. The van der Waals surface area contributed by atoms with Gasteiger partial charge in [-0.3, -0.25) is 4.79 Å². The van der Waals surface area contributed by atoms with Crippen LogP contribution in [0.25, 0.3) is 0 Å². The zero-order valence-electron chi connectivity index (χ0n) is 11.8. The van der Waals surface area contributed by atoms with E-state index >= 15 is 0 Å². The molecule has 0 saturated carbocycles. The molecule has 1 N–H and O–H groups in total. The molecule has 21 heavy (non-hydrogen) atoms. The normalized spacial score (nSPS) is 21.1. The predicted molar refractivity (Wildman–Crippen MR) is 78.9 cm³/mol. The van der Waals surface area contributed by atoms with Crippen LogP contribution in [0.1, 0.15) is 17.2 Å². The number of amides is 1. The van der Waals surface area contributed by atoms with Gasteiger partial charge in [-0.25, -0.2) is 0 Å². The van der Waals surface area contributed by atoms with Crippen molar-refractivity contribution in [2.24, 2.45) is 0 Å². The van der Waals surface area contributed by atoms with Gasteiger partial charge in [0.1, 0.15) is 12.4 Å². The Morgan fingerprint density at radius 3 is 2.52 bits per heavy atom. The fourth-order valence-corrected chi connectivity index (χ4v) is 2.24. The lowest BCUT2D eigenvalue weighted by Gasteiger charge is -2.13. The molecule has 0 radical (unpaired) electrons. The van der Waals surface area contributed by atoms with Crippen molar-refractivity contribution in [3.05, 3.63) is 65.7 Å². The van der Waals surface area contributed by atoms with Crippen molar-refractivity contribution < 1.29 is 14.3 Å². The molecule has 1 aliphatic rings. The molecule has 0 aliphatic carbocycles. The fourth-order valence-electron chi connectivity index (χ4n) is 2.24. The second-order valence-electron chi connectivity index (χ2n) is 5.05. The molecule has 2 aromatic rings. The summed E-state index contributed by atoms with van der Waals surface area (Å²) in [6.07, 6.45) is -0.984. The summed E-state index contributed by atoms with van der Waals surface area (Å²) in [6.45, 7) is 2.31. The fraction of sp³-hybridized carbons (Fsp3) is 0.235. The zero-order chi connectivity index (χ0) is 14.7. The highest BCUT2D eigenvalue weighted by atomic mass is 16.6. The second kappa shape index (κ2) is 5.97. The number of aryl methyl sites for hydroxylation is 1. The summed E-state index contributed by atoms with van der Waals surface area (Å²) in [7, 11) is 0. The number of carbonyl (C=O) groups excluding carboxylic acids is 1. The van der Waals surface area contributed by atoms with Crippen LogP contribution in [0.3, 0.4) is 0 Å². The van der Waals surface area contributed by atoms with Crippen LogP contribution in [0.15, 0.2) is 54.6 Å². The summed E-state index contributed by atoms with van der Waals surface area (Å²) in [6, 6.07) is 17.2. The lowest BCUT2D eigenvalue weighted by Crippen LogP contribution is -2.31. The molecular formula is C17H17NO3. The third-order valence-corrected chi connectivity index (χ3v) is 3.37. The van der Waals surface area contributed by atoms with Crippen LogP contribution in [0, 0.1) is 6.92 Å². The maximum atomic E-state index is 11.9. The van der Waals surface area contributed by atoms with Crippen molar-refractivity contribution in [1.29, 1.82) is 0 Å². The quantitative estimate of drug-likeness (QED) is 0.938. The molecular weight excluding hydrogens is 266 g/mol. The smallest absolute Gasteiger partial charge is 0.255 e. The molecule has 0 bridgehead atoms. The molecule has 1 heterocycles. The Labute approximate surface area is 123 Å². The molecule has 1 fully saturated rings. The first-order valence-electron chi connectivity index (χ1n) is 6.92. The minimum Gasteiger partial charge on any atom is -0.489 e. The van der Waals surface area contributed by atoms with E-state index in [1.807, 2.05) is 61.5 Å². The summed E-state index contributed by atoms with van der Waals surface area (Å²) in [5.74, 6) is 0.639. The molecule has 4 nitrogen and oxygen atoms in total. The zero-order valence-corrected chi connectivity index (χ0v) is 11.8. The van der Waals surface area contributed by atoms with E-state index in [0.29, 0.717) is 0 Å². The highest BCUT2D eigenvalue weighted by molar-refractivity contribution is 5.83.